The third kappa shape index (κ3) is 18.6. The average Bonchev–Trinajstić information content (AvgIpc) is 3.46. The van der Waals surface area contributed by atoms with Crippen LogP contribution in [0.1, 0.15) is 100 Å². The van der Waals surface area contributed by atoms with Crippen LogP contribution in [-0.2, 0) is 30.4 Å². The molecule has 0 aliphatic heterocycles. The Kier molecular flexibility index (Phi) is 21.0. The summed E-state index contributed by atoms with van der Waals surface area (Å²) < 4.78 is 0. The fourth-order valence-corrected chi connectivity index (χ4v) is 6.34. The summed E-state index contributed by atoms with van der Waals surface area (Å²) in [5.41, 5.74) is 0.267. The van der Waals surface area contributed by atoms with E-state index in [4.69, 9.17) is 0 Å². The lowest BCUT2D eigenvalue weighted by Crippen LogP contribution is -2.45. The number of nitrogens with one attached hydrogen (secondary N) is 4. The van der Waals surface area contributed by atoms with Gasteiger partial charge in [0.05, 0.1) is 24.1 Å². The number of carboxylic acid groups (broad SMARTS) is 1. The first-order valence-electron chi connectivity index (χ1n) is 16.6. The van der Waals surface area contributed by atoms with Gasteiger partial charge in [0.25, 0.3) is 0 Å². The van der Waals surface area contributed by atoms with Gasteiger partial charge < -0.3 is 26.0 Å². The number of aromatic nitrogens is 2. The number of aliphatic carboxylic acids is 1. The van der Waals surface area contributed by atoms with Crippen molar-refractivity contribution >= 4 is 54.7 Å². The van der Waals surface area contributed by atoms with Crippen molar-refractivity contribution in [1.29, 1.82) is 0 Å². The van der Waals surface area contributed by atoms with Crippen molar-refractivity contribution in [3.63, 3.8) is 0 Å². The lowest BCUT2D eigenvalue weighted by Gasteiger charge is -2.33. The van der Waals surface area contributed by atoms with Crippen molar-refractivity contribution in [3.05, 3.63) is 18.2 Å². The number of carbonyl (C=O) groups is 5. The number of ketones is 1. The fourth-order valence-electron chi connectivity index (χ4n) is 5.51. The van der Waals surface area contributed by atoms with Crippen LogP contribution in [0.3, 0.4) is 0 Å². The minimum absolute atomic E-state index is 0.0413. The molecule has 0 aliphatic carbocycles. The number of thiol groups is 2. The van der Waals surface area contributed by atoms with E-state index in [1.54, 1.807) is 26.4 Å². The summed E-state index contributed by atoms with van der Waals surface area (Å²) in [6.07, 6.45) is 8.22. The maximum atomic E-state index is 12.4. The van der Waals surface area contributed by atoms with Crippen LogP contribution >= 0.6 is 25.3 Å². The third-order valence-corrected chi connectivity index (χ3v) is 8.88. The van der Waals surface area contributed by atoms with Crippen molar-refractivity contribution in [3.8, 4) is 0 Å². The number of rotatable bonds is 19. The number of unbranched alkanes of at least 4 members (excludes halogenated alkanes) is 1. The van der Waals surface area contributed by atoms with Crippen molar-refractivity contribution in [1.82, 2.24) is 25.9 Å². The molecule has 11 nitrogen and oxygen atoms in total. The molecule has 5 N–H and O–H groups in total. The van der Waals surface area contributed by atoms with Gasteiger partial charge in [-0.15, -0.1) is 0 Å². The topological polar surface area (TPSA) is 170 Å². The molecule has 1 heterocycles. The monoisotopic (exact) mass is 699 g/mol. The second kappa shape index (κ2) is 22.2. The quantitative estimate of drug-likeness (QED) is 0.0808. The summed E-state index contributed by atoms with van der Waals surface area (Å²) in [6, 6.07) is 0. The molecule has 1 aromatic rings. The number of aromatic amines is 1. The van der Waals surface area contributed by atoms with Crippen molar-refractivity contribution in [2.75, 3.05) is 25.4 Å². The van der Waals surface area contributed by atoms with Gasteiger partial charge in [-0.3, -0.25) is 24.0 Å². The average molecular weight is 700 g/mol. The van der Waals surface area contributed by atoms with Gasteiger partial charge in [0.1, 0.15) is 5.78 Å². The van der Waals surface area contributed by atoms with Gasteiger partial charge in [0.2, 0.25) is 17.7 Å². The summed E-state index contributed by atoms with van der Waals surface area (Å²) in [5.74, 6) is -2.53. The molecule has 0 bridgehead atoms. The maximum Gasteiger partial charge on any atom is 0.307 e. The molecular weight excluding hydrogens is 639 g/mol. The van der Waals surface area contributed by atoms with Crippen LogP contribution < -0.4 is 16.0 Å². The molecule has 5 atom stereocenters. The van der Waals surface area contributed by atoms with Crippen LogP contribution in [0.15, 0.2) is 12.5 Å². The van der Waals surface area contributed by atoms with Gasteiger partial charge in [-0.1, -0.05) is 61.8 Å². The van der Waals surface area contributed by atoms with E-state index < -0.39 is 23.2 Å². The SMILES string of the molecule is CC(=O)C(C)C(C(=O)NCCc1cnc[nH]1)C(C)(C)C.CC(C(=O)O)C(C(=O)NCCNC(=O)CCCCC(S)CCS)C(C)(C)C. The number of H-pyrrole nitrogens is 1. The molecule has 3 amide bonds. The van der Waals surface area contributed by atoms with Gasteiger partial charge >= 0.3 is 5.97 Å². The molecule has 0 radical (unpaired) electrons. The number of hydrogen-bond donors (Lipinski definition) is 7. The largest absolute Gasteiger partial charge is 0.481 e. The predicted molar refractivity (Wildman–Crippen MR) is 194 cm³/mol. The van der Waals surface area contributed by atoms with Gasteiger partial charge in [0.15, 0.2) is 0 Å². The van der Waals surface area contributed by atoms with Gasteiger partial charge in [-0.2, -0.15) is 25.3 Å². The van der Waals surface area contributed by atoms with E-state index in [-0.39, 0.29) is 47.3 Å². The van der Waals surface area contributed by atoms with E-state index in [9.17, 15) is 29.1 Å². The minimum Gasteiger partial charge on any atom is -0.481 e. The zero-order chi connectivity index (χ0) is 36.4. The lowest BCUT2D eigenvalue weighted by molar-refractivity contribution is -0.149. The minimum atomic E-state index is -0.990. The van der Waals surface area contributed by atoms with Crippen LogP contribution in [0, 0.1) is 34.5 Å². The second-order valence-electron chi connectivity index (χ2n) is 14.4. The molecule has 47 heavy (non-hydrogen) atoms. The molecular formula is C34H61N5O6S2. The first-order chi connectivity index (χ1) is 21.7. The van der Waals surface area contributed by atoms with E-state index in [0.717, 1.165) is 37.1 Å². The smallest absolute Gasteiger partial charge is 0.307 e. The highest BCUT2D eigenvalue weighted by atomic mass is 32.1. The van der Waals surface area contributed by atoms with Crippen LogP contribution in [-0.4, -0.2) is 75.2 Å². The van der Waals surface area contributed by atoms with Crippen molar-refractivity contribution in [2.45, 2.75) is 106 Å². The Bertz CT molecular complexity index is 1100. The van der Waals surface area contributed by atoms with Crippen molar-refractivity contribution in [2.24, 2.45) is 34.5 Å². The number of nitrogens with zero attached hydrogens (tertiary/aromatic N) is 1. The number of carboxylic acids is 1. The van der Waals surface area contributed by atoms with E-state index in [1.165, 1.54) is 0 Å². The highest BCUT2D eigenvalue weighted by molar-refractivity contribution is 7.81. The highest BCUT2D eigenvalue weighted by Crippen LogP contribution is 2.33. The molecule has 0 saturated heterocycles. The Morgan fingerprint density at radius 2 is 1.38 bits per heavy atom. The molecule has 0 spiro atoms. The van der Waals surface area contributed by atoms with Crippen LogP contribution in [0.5, 0.6) is 0 Å². The third-order valence-electron chi connectivity index (χ3n) is 8.11. The fraction of sp³-hybridized carbons (Fsp3) is 0.765. The first kappa shape index (κ1) is 44.5. The molecule has 0 saturated carbocycles. The zero-order valence-corrected chi connectivity index (χ0v) is 31.7. The van der Waals surface area contributed by atoms with E-state index >= 15 is 0 Å². The summed E-state index contributed by atoms with van der Waals surface area (Å²) in [6.45, 7) is 17.6. The Labute approximate surface area is 293 Å². The van der Waals surface area contributed by atoms with Gasteiger partial charge in [-0.05, 0) is 42.8 Å². The molecule has 1 rings (SSSR count). The number of carbonyl (C=O) groups excluding carboxylic acids is 4. The number of Topliss-reactive ketones (excluding diaryl/α,β-unsaturated/α-hetero) is 1. The number of imidazole rings is 1. The van der Waals surface area contributed by atoms with Crippen LogP contribution in [0.2, 0.25) is 0 Å². The van der Waals surface area contributed by atoms with Gasteiger partial charge in [0, 0.05) is 55.5 Å². The molecule has 0 aliphatic rings. The summed E-state index contributed by atoms with van der Waals surface area (Å²) in [5, 5.41) is 18.0. The lowest BCUT2D eigenvalue weighted by atomic mass is 9.72. The Morgan fingerprint density at radius 3 is 1.85 bits per heavy atom. The standard InChI is InChI=1S/C19H36N2O4S2.C15H25N3O2/c1-13(18(24)25)16(19(2,3)4)17(23)21-11-10-20-15(22)8-6-5-7-14(27)9-12-26;1-10(11(2)19)13(15(3,4)5)14(20)17-7-6-12-8-16-9-18-12/h13-14,16,26-27H,5-12H2,1-4H3,(H,20,22)(H,21,23)(H,24,25);8-10,13H,6-7H2,1-5H3,(H,16,18)(H,17,20). The molecule has 0 fully saturated rings. The first-order valence-corrected chi connectivity index (χ1v) is 17.7. The zero-order valence-electron chi connectivity index (χ0n) is 29.9. The predicted octanol–water partition coefficient (Wildman–Crippen LogP) is 4.74. The Morgan fingerprint density at radius 1 is 0.851 bits per heavy atom. The molecule has 1 aromatic heterocycles. The highest BCUT2D eigenvalue weighted by Gasteiger charge is 2.39. The second-order valence-corrected chi connectivity index (χ2v) is 15.6. The Balaban J connectivity index is 0.000000939. The number of amides is 3. The van der Waals surface area contributed by atoms with Crippen LogP contribution in [0.25, 0.3) is 0 Å². The van der Waals surface area contributed by atoms with E-state index in [0.29, 0.717) is 31.2 Å². The normalized spacial score (nSPS) is 14.8. The summed E-state index contributed by atoms with van der Waals surface area (Å²) >= 11 is 8.64. The number of hydrogen-bond acceptors (Lipinski definition) is 8. The van der Waals surface area contributed by atoms with E-state index in [1.807, 2.05) is 48.5 Å². The van der Waals surface area contributed by atoms with E-state index in [2.05, 4.69) is 51.2 Å². The van der Waals surface area contributed by atoms with Crippen molar-refractivity contribution < 1.29 is 29.1 Å². The Hall–Kier alpha value is -2.54. The summed E-state index contributed by atoms with van der Waals surface area (Å²) in [4.78, 5) is 66.4. The molecule has 5 unspecified atom stereocenters. The summed E-state index contributed by atoms with van der Waals surface area (Å²) in [7, 11) is 0. The molecule has 270 valence electrons. The molecule has 13 heteroatoms. The van der Waals surface area contributed by atoms with Gasteiger partial charge in [-0.25, -0.2) is 4.98 Å². The van der Waals surface area contributed by atoms with Crippen LogP contribution in [0.4, 0.5) is 0 Å². The maximum absolute atomic E-state index is 12.4. The molecule has 0 aromatic carbocycles.